The molecule has 1 atom stereocenters. The molecule has 3 N–H and O–H groups in total. The summed E-state index contributed by atoms with van der Waals surface area (Å²) in [5, 5.41) is 20.2. The van der Waals surface area contributed by atoms with E-state index in [4.69, 9.17) is 0 Å². The summed E-state index contributed by atoms with van der Waals surface area (Å²) in [6.07, 6.45) is 8.04. The maximum absolute atomic E-state index is 12.8. The Morgan fingerprint density at radius 1 is 0.974 bits per heavy atom. The lowest BCUT2D eigenvalue weighted by molar-refractivity contribution is 0.0696. The van der Waals surface area contributed by atoms with Gasteiger partial charge in [0.1, 0.15) is 0 Å². The predicted molar refractivity (Wildman–Crippen MR) is 144 cm³/mol. The minimum absolute atomic E-state index is 0.137. The SMILES string of the molecule is O=C(O)c1ccc(-c2c(/C=C/c3cn(-c4ccccc4)cn3)n[nH]c2C2Cc3ccccc3C(=O)N2)cc1. The first kappa shape index (κ1) is 23.2. The van der Waals surface area contributed by atoms with Crippen LogP contribution in [0.4, 0.5) is 0 Å². The number of nitrogens with zero attached hydrogens (tertiary/aromatic N) is 3. The topological polar surface area (TPSA) is 113 Å². The monoisotopic (exact) mass is 501 g/mol. The molecule has 1 aliphatic heterocycles. The number of benzene rings is 3. The second-order valence-electron chi connectivity index (χ2n) is 9.04. The molecule has 0 radical (unpaired) electrons. The highest BCUT2D eigenvalue weighted by atomic mass is 16.4. The highest BCUT2D eigenvalue weighted by Gasteiger charge is 2.29. The maximum Gasteiger partial charge on any atom is 0.335 e. The summed E-state index contributed by atoms with van der Waals surface area (Å²) in [4.78, 5) is 28.7. The normalized spacial score (nSPS) is 14.8. The first-order valence-electron chi connectivity index (χ1n) is 12.1. The summed E-state index contributed by atoms with van der Waals surface area (Å²) in [5.74, 6) is -1.13. The minimum Gasteiger partial charge on any atom is -0.478 e. The summed E-state index contributed by atoms with van der Waals surface area (Å²) in [6, 6.07) is 23.8. The highest BCUT2D eigenvalue weighted by molar-refractivity contribution is 5.97. The number of H-pyrrole nitrogens is 1. The summed E-state index contributed by atoms with van der Waals surface area (Å²) in [7, 11) is 0. The van der Waals surface area contributed by atoms with Crippen LogP contribution in [0.3, 0.4) is 0 Å². The Hall–Kier alpha value is -5.24. The average molecular weight is 502 g/mol. The highest BCUT2D eigenvalue weighted by Crippen LogP contribution is 2.35. The van der Waals surface area contributed by atoms with Crippen molar-refractivity contribution in [2.45, 2.75) is 12.5 Å². The zero-order chi connectivity index (χ0) is 26.1. The number of hydrogen-bond donors (Lipinski definition) is 3. The summed E-state index contributed by atoms with van der Waals surface area (Å²) >= 11 is 0. The lowest BCUT2D eigenvalue weighted by Crippen LogP contribution is -2.35. The van der Waals surface area contributed by atoms with Crippen molar-refractivity contribution in [1.29, 1.82) is 0 Å². The second-order valence-corrected chi connectivity index (χ2v) is 9.04. The molecule has 5 aromatic rings. The van der Waals surface area contributed by atoms with Crippen molar-refractivity contribution in [3.8, 4) is 16.8 Å². The van der Waals surface area contributed by atoms with Crippen LogP contribution in [0.25, 0.3) is 29.0 Å². The number of imidazole rings is 1. The third-order valence-corrected chi connectivity index (χ3v) is 6.65. The van der Waals surface area contributed by atoms with E-state index < -0.39 is 5.97 Å². The van der Waals surface area contributed by atoms with Crippen molar-refractivity contribution in [3.05, 3.63) is 125 Å². The molecular weight excluding hydrogens is 478 g/mol. The molecule has 0 saturated heterocycles. The first-order chi connectivity index (χ1) is 18.6. The van der Waals surface area contributed by atoms with Gasteiger partial charge in [-0.2, -0.15) is 5.10 Å². The van der Waals surface area contributed by atoms with Crippen molar-refractivity contribution >= 4 is 24.0 Å². The largest absolute Gasteiger partial charge is 0.478 e. The van der Waals surface area contributed by atoms with Crippen LogP contribution in [0.5, 0.6) is 0 Å². The van der Waals surface area contributed by atoms with Gasteiger partial charge in [0, 0.05) is 23.0 Å². The quantitative estimate of drug-likeness (QED) is 0.298. The number of carbonyl (C=O) groups is 2. The van der Waals surface area contributed by atoms with Crippen molar-refractivity contribution in [2.24, 2.45) is 0 Å². The Morgan fingerprint density at radius 2 is 1.74 bits per heavy atom. The van der Waals surface area contributed by atoms with Crippen LogP contribution >= 0.6 is 0 Å². The molecule has 0 fully saturated rings. The standard InChI is InChI=1S/C30H23N5O3/c36-29-24-9-5-4-6-21(24)16-26(32-29)28-27(19-10-12-20(13-11-19)30(37)38)25(33-34-28)15-14-22-17-35(18-31-22)23-7-2-1-3-8-23/h1-15,17-18,26H,16H2,(H,32,36)(H,33,34)(H,37,38)/b15-14+. The fourth-order valence-electron chi connectivity index (χ4n) is 4.76. The van der Waals surface area contributed by atoms with Crippen LogP contribution in [0.1, 0.15) is 49.4 Å². The van der Waals surface area contributed by atoms with E-state index in [1.807, 2.05) is 77.5 Å². The molecule has 1 unspecified atom stereocenters. The number of nitrogens with one attached hydrogen (secondary N) is 2. The molecule has 0 saturated carbocycles. The third kappa shape index (κ3) is 4.39. The van der Waals surface area contributed by atoms with Crippen molar-refractivity contribution in [1.82, 2.24) is 25.1 Å². The van der Waals surface area contributed by atoms with Gasteiger partial charge >= 0.3 is 5.97 Å². The van der Waals surface area contributed by atoms with Crippen LogP contribution in [0.15, 0.2) is 91.4 Å². The third-order valence-electron chi connectivity index (χ3n) is 6.65. The van der Waals surface area contributed by atoms with Crippen molar-refractivity contribution < 1.29 is 14.7 Å². The molecule has 8 heteroatoms. The van der Waals surface area contributed by atoms with E-state index in [2.05, 4.69) is 20.5 Å². The van der Waals surface area contributed by atoms with Gasteiger partial charge in [-0.15, -0.1) is 0 Å². The molecule has 3 heterocycles. The molecule has 0 bridgehead atoms. The van der Waals surface area contributed by atoms with Gasteiger partial charge in [0.15, 0.2) is 0 Å². The number of carbonyl (C=O) groups excluding carboxylic acids is 1. The fourth-order valence-corrected chi connectivity index (χ4v) is 4.76. The smallest absolute Gasteiger partial charge is 0.335 e. The van der Waals surface area contributed by atoms with E-state index in [-0.39, 0.29) is 17.5 Å². The zero-order valence-corrected chi connectivity index (χ0v) is 20.2. The van der Waals surface area contributed by atoms with Crippen LogP contribution in [-0.2, 0) is 6.42 Å². The minimum atomic E-state index is -0.991. The Kier molecular flexibility index (Phi) is 5.89. The van der Waals surface area contributed by atoms with E-state index in [9.17, 15) is 14.7 Å². The van der Waals surface area contributed by atoms with Crippen LogP contribution in [0, 0.1) is 0 Å². The molecule has 0 spiro atoms. The van der Waals surface area contributed by atoms with Gasteiger partial charge in [-0.25, -0.2) is 9.78 Å². The van der Waals surface area contributed by atoms with Gasteiger partial charge < -0.3 is 15.0 Å². The molecule has 2 aromatic heterocycles. The number of carboxylic acid groups (broad SMARTS) is 1. The molecule has 8 nitrogen and oxygen atoms in total. The Morgan fingerprint density at radius 3 is 2.53 bits per heavy atom. The maximum atomic E-state index is 12.8. The van der Waals surface area contributed by atoms with Crippen molar-refractivity contribution in [2.75, 3.05) is 0 Å². The molecule has 0 aliphatic carbocycles. The molecule has 186 valence electrons. The van der Waals surface area contributed by atoms with Crippen LogP contribution < -0.4 is 5.32 Å². The molecule has 6 rings (SSSR count). The number of aromatic carboxylic acids is 1. The summed E-state index contributed by atoms with van der Waals surface area (Å²) in [6.45, 7) is 0. The lowest BCUT2D eigenvalue weighted by atomic mass is 9.90. The Balaban J connectivity index is 1.38. The average Bonchev–Trinajstić information content (AvgIpc) is 3.60. The molecule has 38 heavy (non-hydrogen) atoms. The lowest BCUT2D eigenvalue weighted by Gasteiger charge is -2.25. The first-order valence-corrected chi connectivity index (χ1v) is 12.1. The van der Waals surface area contributed by atoms with Crippen LogP contribution in [0.2, 0.25) is 0 Å². The molecule has 1 aliphatic rings. The van der Waals surface area contributed by atoms with E-state index in [1.165, 1.54) is 0 Å². The van der Waals surface area contributed by atoms with E-state index in [0.717, 1.165) is 33.8 Å². The van der Waals surface area contributed by atoms with E-state index in [0.29, 0.717) is 17.7 Å². The summed E-state index contributed by atoms with van der Waals surface area (Å²) in [5.41, 5.74) is 6.60. The Labute approximate surface area is 218 Å². The van der Waals surface area contributed by atoms with Crippen LogP contribution in [-0.4, -0.2) is 36.7 Å². The van der Waals surface area contributed by atoms with Gasteiger partial charge in [-0.1, -0.05) is 48.5 Å². The predicted octanol–water partition coefficient (Wildman–Crippen LogP) is 5.16. The van der Waals surface area contributed by atoms with Gasteiger partial charge in [-0.05, 0) is 60.0 Å². The number of hydrogen-bond acceptors (Lipinski definition) is 4. The molecule has 3 aromatic carbocycles. The fraction of sp³-hybridized carbons (Fsp3) is 0.0667. The van der Waals surface area contributed by atoms with E-state index in [1.54, 1.807) is 30.6 Å². The van der Waals surface area contributed by atoms with Gasteiger partial charge in [-0.3, -0.25) is 9.89 Å². The molecular formula is C30H23N5O3. The van der Waals surface area contributed by atoms with Gasteiger partial charge in [0.25, 0.3) is 5.91 Å². The number of rotatable bonds is 6. The summed E-state index contributed by atoms with van der Waals surface area (Å²) < 4.78 is 1.94. The molecule has 1 amide bonds. The van der Waals surface area contributed by atoms with E-state index >= 15 is 0 Å². The Bertz CT molecular complexity index is 1670. The number of aromatic amines is 1. The second kappa shape index (κ2) is 9.67. The number of amides is 1. The van der Waals surface area contributed by atoms with Gasteiger partial charge in [0.2, 0.25) is 0 Å². The van der Waals surface area contributed by atoms with Gasteiger partial charge in [0.05, 0.1) is 35.0 Å². The number of fused-ring (bicyclic) bond motifs is 1. The number of para-hydroxylation sites is 1. The number of carboxylic acids is 1. The van der Waals surface area contributed by atoms with Crippen molar-refractivity contribution in [3.63, 3.8) is 0 Å². The number of aromatic nitrogens is 4. The zero-order valence-electron chi connectivity index (χ0n) is 20.2.